The van der Waals surface area contributed by atoms with E-state index in [4.69, 9.17) is 9.84 Å². The van der Waals surface area contributed by atoms with Crippen molar-refractivity contribution in [1.29, 1.82) is 0 Å². The van der Waals surface area contributed by atoms with Gasteiger partial charge in [-0.1, -0.05) is 22.5 Å². The molecule has 3 rings (SSSR count). The van der Waals surface area contributed by atoms with E-state index in [0.717, 1.165) is 0 Å². The van der Waals surface area contributed by atoms with Gasteiger partial charge in [-0.05, 0) is 30.3 Å². The maximum atomic E-state index is 14.3. The highest BCUT2D eigenvalue weighted by Crippen LogP contribution is 2.34. The van der Waals surface area contributed by atoms with E-state index in [0.29, 0.717) is 32.6 Å². The van der Waals surface area contributed by atoms with E-state index in [-0.39, 0.29) is 31.2 Å². The molecule has 0 unspecified atom stereocenters. The van der Waals surface area contributed by atoms with Gasteiger partial charge in [0.2, 0.25) is 0 Å². The van der Waals surface area contributed by atoms with Crippen LogP contribution in [-0.2, 0) is 4.79 Å². The quantitative estimate of drug-likeness (QED) is 0.240. The number of rotatable bonds is 10. The molecule has 9 nitrogen and oxygen atoms in total. The van der Waals surface area contributed by atoms with Crippen LogP contribution < -0.4 is 20.7 Å². The smallest absolute Gasteiger partial charge is 0.404 e. The molecule has 1 amide bonds. The Labute approximate surface area is 190 Å². The Morgan fingerprint density at radius 3 is 2.75 bits per heavy atom. The normalized spacial score (nSPS) is 10.4. The van der Waals surface area contributed by atoms with E-state index < -0.39 is 11.9 Å². The minimum Gasteiger partial charge on any atom is -0.490 e. The predicted molar refractivity (Wildman–Crippen MR) is 122 cm³/mol. The van der Waals surface area contributed by atoms with Gasteiger partial charge in [-0.3, -0.25) is 4.79 Å². The Morgan fingerprint density at radius 1 is 1.22 bits per heavy atom. The van der Waals surface area contributed by atoms with E-state index in [1.54, 1.807) is 24.3 Å². The van der Waals surface area contributed by atoms with Crippen LogP contribution >= 0.6 is 15.9 Å². The van der Waals surface area contributed by atoms with Gasteiger partial charge < -0.3 is 25.8 Å². The summed E-state index contributed by atoms with van der Waals surface area (Å²) in [7, 11) is 0. The summed E-state index contributed by atoms with van der Waals surface area (Å²) in [5.41, 5.74) is 1.18. The molecule has 0 spiro atoms. The van der Waals surface area contributed by atoms with E-state index in [1.807, 2.05) is 0 Å². The lowest BCUT2D eigenvalue weighted by molar-refractivity contribution is -0.113. The Balaban J connectivity index is 1.95. The monoisotopic (exact) mass is 503 g/mol. The van der Waals surface area contributed by atoms with Crippen molar-refractivity contribution in [3.63, 3.8) is 0 Å². The summed E-state index contributed by atoms with van der Waals surface area (Å²) in [6, 6.07) is 7.89. The molecule has 0 aliphatic heterocycles. The summed E-state index contributed by atoms with van der Waals surface area (Å²) in [6.45, 7) is 3.54. The minimum atomic E-state index is -1.16. The van der Waals surface area contributed by atoms with Gasteiger partial charge in [0, 0.05) is 15.9 Å². The van der Waals surface area contributed by atoms with Crippen LogP contribution in [0.15, 0.2) is 53.8 Å². The fourth-order valence-corrected chi connectivity index (χ4v) is 3.07. The maximum Gasteiger partial charge on any atom is 0.404 e. The number of benzene rings is 2. The third kappa shape index (κ3) is 5.91. The van der Waals surface area contributed by atoms with Gasteiger partial charge in [0.15, 0.2) is 5.78 Å². The predicted octanol–water partition coefficient (Wildman–Crippen LogP) is 4.09. The van der Waals surface area contributed by atoms with E-state index in [1.165, 1.54) is 18.5 Å². The lowest BCUT2D eigenvalue weighted by Gasteiger charge is -2.16. The lowest BCUT2D eigenvalue weighted by Crippen LogP contribution is -2.26. The number of hydrogen-bond donors (Lipinski definition) is 4. The maximum absolute atomic E-state index is 14.3. The van der Waals surface area contributed by atoms with E-state index in [2.05, 4.69) is 48.4 Å². The molecule has 0 radical (unpaired) electrons. The molecule has 32 heavy (non-hydrogen) atoms. The first-order valence-electron chi connectivity index (χ1n) is 9.37. The Bertz CT molecular complexity index is 1170. The number of fused-ring (bicyclic) bond motifs is 1. The van der Waals surface area contributed by atoms with Crippen molar-refractivity contribution in [3.05, 3.63) is 59.6 Å². The SMILES string of the molecule is C=CC(=O)CNc1cc2c(Nc3ccc(Br)cc3F)ncnc2cc1OCCNC(=O)O. The van der Waals surface area contributed by atoms with Crippen LogP contribution in [0.2, 0.25) is 0 Å². The molecule has 0 atom stereocenters. The number of hydrogen-bond acceptors (Lipinski definition) is 7. The van der Waals surface area contributed by atoms with Gasteiger partial charge in [-0.2, -0.15) is 0 Å². The van der Waals surface area contributed by atoms with Crippen LogP contribution in [0.25, 0.3) is 10.9 Å². The minimum absolute atomic E-state index is 0.0312. The zero-order chi connectivity index (χ0) is 23.1. The summed E-state index contributed by atoms with van der Waals surface area (Å²) in [5.74, 6) is 0.0181. The summed E-state index contributed by atoms with van der Waals surface area (Å²) in [4.78, 5) is 30.8. The lowest BCUT2D eigenvalue weighted by atomic mass is 10.1. The number of ketones is 1. The topological polar surface area (TPSA) is 125 Å². The molecular weight excluding hydrogens is 485 g/mol. The van der Waals surface area contributed by atoms with E-state index in [9.17, 15) is 14.0 Å². The fourth-order valence-electron chi connectivity index (χ4n) is 2.73. The van der Waals surface area contributed by atoms with Gasteiger partial charge in [0.1, 0.15) is 30.3 Å². The van der Waals surface area contributed by atoms with Crippen LogP contribution in [0.3, 0.4) is 0 Å². The van der Waals surface area contributed by atoms with Crippen LogP contribution in [-0.4, -0.2) is 46.6 Å². The zero-order valence-electron chi connectivity index (χ0n) is 16.7. The number of nitrogens with one attached hydrogen (secondary N) is 3. The Hall–Kier alpha value is -3.73. The second kappa shape index (κ2) is 10.5. The van der Waals surface area contributed by atoms with Gasteiger partial charge in [-0.25, -0.2) is 19.2 Å². The standard InChI is InChI=1S/C21H19BrFN5O4/c1-2-13(29)10-25-18-8-14-17(9-19(18)32-6-5-24-21(30)31)26-11-27-20(14)28-16-4-3-12(22)7-15(16)23/h2-4,7-9,11,24-25H,1,5-6,10H2,(H,30,31)(H,26,27,28). The molecule has 1 heterocycles. The number of amides is 1. The van der Waals surface area contributed by atoms with Crippen LogP contribution in [0, 0.1) is 5.82 Å². The van der Waals surface area contributed by atoms with Gasteiger partial charge in [0.05, 0.1) is 30.0 Å². The molecule has 166 valence electrons. The average molecular weight is 504 g/mol. The van der Waals surface area contributed by atoms with Crippen molar-refractivity contribution in [2.24, 2.45) is 0 Å². The third-order valence-electron chi connectivity index (χ3n) is 4.24. The van der Waals surface area contributed by atoms with Gasteiger partial charge >= 0.3 is 6.09 Å². The fraction of sp³-hybridized carbons (Fsp3) is 0.143. The van der Waals surface area contributed by atoms with Crippen molar-refractivity contribution in [3.8, 4) is 5.75 Å². The summed E-state index contributed by atoms with van der Waals surface area (Å²) >= 11 is 3.22. The first-order chi connectivity index (χ1) is 15.4. The first kappa shape index (κ1) is 22.9. The molecule has 0 saturated heterocycles. The third-order valence-corrected chi connectivity index (χ3v) is 4.73. The Morgan fingerprint density at radius 2 is 2.03 bits per heavy atom. The average Bonchev–Trinajstić information content (AvgIpc) is 2.76. The zero-order valence-corrected chi connectivity index (χ0v) is 18.3. The molecule has 0 aliphatic carbocycles. The number of aromatic nitrogens is 2. The van der Waals surface area contributed by atoms with E-state index >= 15 is 0 Å². The molecule has 0 saturated carbocycles. The highest BCUT2D eigenvalue weighted by molar-refractivity contribution is 9.10. The molecule has 2 aromatic carbocycles. The number of carbonyl (C=O) groups excluding carboxylic acids is 1. The molecule has 0 aliphatic rings. The molecule has 0 fully saturated rings. The largest absolute Gasteiger partial charge is 0.490 e. The first-order valence-corrected chi connectivity index (χ1v) is 10.2. The van der Waals surface area contributed by atoms with Crippen molar-refractivity contribution < 1.29 is 23.8 Å². The van der Waals surface area contributed by atoms with Crippen molar-refractivity contribution in [2.75, 3.05) is 30.3 Å². The number of halogens is 2. The Kier molecular flexibility index (Phi) is 7.55. The second-order valence-corrected chi connectivity index (χ2v) is 7.36. The van der Waals surface area contributed by atoms with Crippen molar-refractivity contribution >= 4 is 55.9 Å². The van der Waals surface area contributed by atoms with Gasteiger partial charge in [-0.15, -0.1) is 0 Å². The van der Waals surface area contributed by atoms with Crippen LogP contribution in [0.1, 0.15) is 0 Å². The second-order valence-electron chi connectivity index (χ2n) is 6.44. The van der Waals surface area contributed by atoms with Crippen LogP contribution in [0.5, 0.6) is 5.75 Å². The molecule has 3 aromatic rings. The molecule has 1 aromatic heterocycles. The number of carbonyl (C=O) groups is 2. The van der Waals surface area contributed by atoms with Crippen LogP contribution in [0.4, 0.5) is 26.4 Å². The number of carboxylic acid groups (broad SMARTS) is 1. The van der Waals surface area contributed by atoms with Gasteiger partial charge in [0.25, 0.3) is 0 Å². The number of nitrogens with zero attached hydrogens (tertiary/aromatic N) is 2. The highest BCUT2D eigenvalue weighted by Gasteiger charge is 2.13. The van der Waals surface area contributed by atoms with Crippen molar-refractivity contribution in [2.45, 2.75) is 0 Å². The molecule has 0 bridgehead atoms. The summed E-state index contributed by atoms with van der Waals surface area (Å²) in [5, 5.41) is 17.4. The highest BCUT2D eigenvalue weighted by atomic mass is 79.9. The number of ether oxygens (including phenoxy) is 1. The summed E-state index contributed by atoms with van der Waals surface area (Å²) in [6.07, 6.45) is 1.36. The summed E-state index contributed by atoms with van der Waals surface area (Å²) < 4.78 is 20.6. The van der Waals surface area contributed by atoms with Crippen molar-refractivity contribution in [1.82, 2.24) is 15.3 Å². The molecule has 4 N–H and O–H groups in total. The molecule has 11 heteroatoms. The number of anilines is 3. The molecular formula is C21H19BrFN5O4.